The summed E-state index contributed by atoms with van der Waals surface area (Å²) in [5, 5.41) is 3.62. The number of hydrogen-bond donors (Lipinski definition) is 1. The first-order valence-corrected chi connectivity index (χ1v) is 11.0. The fourth-order valence-electron chi connectivity index (χ4n) is 2.97. The van der Waals surface area contributed by atoms with Crippen molar-refractivity contribution in [3.05, 3.63) is 32.0 Å². The van der Waals surface area contributed by atoms with E-state index in [9.17, 15) is 9.59 Å². The van der Waals surface area contributed by atoms with Crippen LogP contribution in [0.4, 0.5) is 4.79 Å². The number of amides is 1. The zero-order chi connectivity index (χ0) is 20.2. The smallest absolute Gasteiger partial charge is 0.407 e. The quantitative estimate of drug-likeness (QED) is 0.619. The molecule has 0 fully saturated rings. The summed E-state index contributed by atoms with van der Waals surface area (Å²) >= 11 is 5.24. The molecule has 0 aliphatic rings. The SMILES string of the molecule is CCC(CCNC(=O)OC(C)(C)C)CCc1cc2c(=O)n(C)cc(Br)c2s1. The van der Waals surface area contributed by atoms with E-state index in [1.54, 1.807) is 23.0 Å². The van der Waals surface area contributed by atoms with Gasteiger partial charge in [0.15, 0.2) is 0 Å². The molecule has 1 amide bonds. The molecule has 1 N–H and O–H groups in total. The lowest BCUT2D eigenvalue weighted by Crippen LogP contribution is -2.33. The molecule has 2 aromatic rings. The topological polar surface area (TPSA) is 60.3 Å². The van der Waals surface area contributed by atoms with Gasteiger partial charge in [0.1, 0.15) is 5.60 Å². The third-order valence-corrected chi connectivity index (χ3v) is 6.55. The lowest BCUT2D eigenvalue weighted by molar-refractivity contribution is 0.0524. The van der Waals surface area contributed by atoms with Gasteiger partial charge in [0.2, 0.25) is 0 Å². The molecule has 0 aliphatic heterocycles. The van der Waals surface area contributed by atoms with Crippen molar-refractivity contribution in [1.29, 1.82) is 0 Å². The molecule has 2 aromatic heterocycles. The van der Waals surface area contributed by atoms with Gasteiger partial charge in [-0.2, -0.15) is 0 Å². The summed E-state index contributed by atoms with van der Waals surface area (Å²) in [6.07, 6.45) is 5.43. The zero-order valence-corrected chi connectivity index (χ0v) is 19.1. The fourth-order valence-corrected chi connectivity index (χ4v) is 4.80. The highest BCUT2D eigenvalue weighted by atomic mass is 79.9. The van der Waals surface area contributed by atoms with Gasteiger partial charge in [0.25, 0.3) is 5.56 Å². The highest BCUT2D eigenvalue weighted by Gasteiger charge is 2.16. The molecule has 0 bridgehead atoms. The predicted octanol–water partition coefficient (Wildman–Crippen LogP) is 5.24. The first-order chi connectivity index (χ1) is 12.6. The average molecular weight is 457 g/mol. The van der Waals surface area contributed by atoms with Crippen LogP contribution in [0, 0.1) is 5.92 Å². The van der Waals surface area contributed by atoms with Gasteiger partial charge in [-0.15, -0.1) is 11.3 Å². The van der Waals surface area contributed by atoms with E-state index >= 15 is 0 Å². The number of aryl methyl sites for hydroxylation is 2. The van der Waals surface area contributed by atoms with Crippen molar-refractivity contribution >= 4 is 43.4 Å². The molecular weight excluding hydrogens is 428 g/mol. The van der Waals surface area contributed by atoms with Gasteiger partial charge in [0, 0.05) is 24.7 Å². The normalized spacial score (nSPS) is 13.0. The van der Waals surface area contributed by atoms with Crippen LogP contribution in [-0.2, 0) is 18.2 Å². The van der Waals surface area contributed by atoms with Crippen LogP contribution in [0.3, 0.4) is 0 Å². The Morgan fingerprint density at radius 1 is 1.37 bits per heavy atom. The number of carbonyl (C=O) groups excluding carboxylic acids is 1. The van der Waals surface area contributed by atoms with Gasteiger partial charge in [-0.25, -0.2) is 4.79 Å². The molecule has 7 heteroatoms. The van der Waals surface area contributed by atoms with Crippen molar-refractivity contribution in [3.63, 3.8) is 0 Å². The second kappa shape index (κ2) is 9.24. The number of nitrogens with zero attached hydrogens (tertiary/aromatic N) is 1. The molecule has 150 valence electrons. The molecule has 27 heavy (non-hydrogen) atoms. The van der Waals surface area contributed by atoms with E-state index in [0.29, 0.717) is 12.5 Å². The summed E-state index contributed by atoms with van der Waals surface area (Å²) in [6, 6.07) is 2.03. The molecule has 5 nitrogen and oxygen atoms in total. The van der Waals surface area contributed by atoms with Crippen LogP contribution < -0.4 is 10.9 Å². The monoisotopic (exact) mass is 456 g/mol. The van der Waals surface area contributed by atoms with Crippen LogP contribution in [0.25, 0.3) is 10.1 Å². The van der Waals surface area contributed by atoms with Crippen molar-refractivity contribution in [2.24, 2.45) is 13.0 Å². The highest BCUT2D eigenvalue weighted by Crippen LogP contribution is 2.31. The first-order valence-electron chi connectivity index (χ1n) is 9.35. The summed E-state index contributed by atoms with van der Waals surface area (Å²) in [6.45, 7) is 8.37. The maximum atomic E-state index is 12.3. The van der Waals surface area contributed by atoms with Crippen LogP contribution in [0.1, 0.15) is 51.8 Å². The lowest BCUT2D eigenvalue weighted by atomic mass is 9.96. The first kappa shape index (κ1) is 22.0. The van der Waals surface area contributed by atoms with Crippen LogP contribution in [0.2, 0.25) is 0 Å². The van der Waals surface area contributed by atoms with Crippen molar-refractivity contribution in [2.75, 3.05) is 6.54 Å². The number of nitrogens with one attached hydrogen (secondary N) is 1. The molecule has 0 aromatic carbocycles. The Kier molecular flexibility index (Phi) is 7.51. The zero-order valence-electron chi connectivity index (χ0n) is 16.7. The number of hydrogen-bond acceptors (Lipinski definition) is 4. The van der Waals surface area contributed by atoms with E-state index in [0.717, 1.165) is 40.2 Å². The van der Waals surface area contributed by atoms with Gasteiger partial charge in [-0.1, -0.05) is 13.3 Å². The van der Waals surface area contributed by atoms with E-state index in [4.69, 9.17) is 4.74 Å². The molecule has 2 heterocycles. The second-order valence-electron chi connectivity index (χ2n) is 7.88. The number of rotatable bonds is 7. The molecule has 0 aliphatic carbocycles. The Labute approximate surface area is 173 Å². The number of ether oxygens (including phenoxy) is 1. The maximum absolute atomic E-state index is 12.3. The molecule has 2 rings (SSSR count). The standard InChI is InChI=1S/C20H29BrN2O3S/c1-6-13(9-10-22-19(25)26-20(2,3)4)7-8-14-11-15-17(27-14)16(21)12-23(5)18(15)24/h11-13H,6-10H2,1-5H3,(H,22,25). The third-order valence-electron chi connectivity index (χ3n) is 4.45. The largest absolute Gasteiger partial charge is 0.444 e. The minimum absolute atomic E-state index is 0.0457. The van der Waals surface area contributed by atoms with E-state index in [2.05, 4.69) is 28.2 Å². The van der Waals surface area contributed by atoms with Gasteiger partial charge >= 0.3 is 6.09 Å². The molecule has 1 atom stereocenters. The number of thiophene rings is 1. The summed E-state index contributed by atoms with van der Waals surface area (Å²) in [5.74, 6) is 0.524. The number of carbonyl (C=O) groups is 1. The Hall–Kier alpha value is -1.34. The number of fused-ring (bicyclic) bond motifs is 1. The van der Waals surface area contributed by atoms with Crippen LogP contribution >= 0.6 is 27.3 Å². The maximum Gasteiger partial charge on any atom is 0.407 e. The fraction of sp³-hybridized carbons (Fsp3) is 0.600. The van der Waals surface area contributed by atoms with Gasteiger partial charge < -0.3 is 14.6 Å². The summed E-state index contributed by atoms with van der Waals surface area (Å²) < 4.78 is 8.86. The number of aromatic nitrogens is 1. The van der Waals surface area contributed by atoms with Crippen LogP contribution in [0.15, 0.2) is 21.5 Å². The Morgan fingerprint density at radius 3 is 2.70 bits per heavy atom. The van der Waals surface area contributed by atoms with E-state index < -0.39 is 5.60 Å². The van der Waals surface area contributed by atoms with Gasteiger partial charge in [-0.3, -0.25) is 4.79 Å². The van der Waals surface area contributed by atoms with Gasteiger partial charge in [0.05, 0.1) is 14.6 Å². The van der Waals surface area contributed by atoms with Crippen molar-refractivity contribution < 1.29 is 9.53 Å². The average Bonchev–Trinajstić information content (AvgIpc) is 2.99. The van der Waals surface area contributed by atoms with E-state index in [-0.39, 0.29) is 11.7 Å². The molecule has 0 saturated heterocycles. The molecule has 0 spiro atoms. The molecule has 1 unspecified atom stereocenters. The number of halogens is 1. The van der Waals surface area contributed by atoms with E-state index in [1.165, 1.54) is 4.88 Å². The minimum Gasteiger partial charge on any atom is -0.444 e. The summed E-state index contributed by atoms with van der Waals surface area (Å²) in [7, 11) is 1.77. The minimum atomic E-state index is -0.471. The molecular formula is C20H29BrN2O3S. The Bertz CT molecular complexity index is 851. The number of alkyl carbamates (subject to hydrolysis) is 1. The van der Waals surface area contributed by atoms with Crippen molar-refractivity contribution in [2.45, 2.75) is 59.0 Å². The van der Waals surface area contributed by atoms with Gasteiger partial charge in [-0.05, 0) is 67.9 Å². The van der Waals surface area contributed by atoms with Crippen molar-refractivity contribution in [1.82, 2.24) is 9.88 Å². The Balaban J connectivity index is 1.90. The molecule has 0 radical (unpaired) electrons. The van der Waals surface area contributed by atoms with Crippen molar-refractivity contribution in [3.8, 4) is 0 Å². The Morgan fingerprint density at radius 2 is 2.07 bits per heavy atom. The predicted molar refractivity (Wildman–Crippen MR) is 116 cm³/mol. The third kappa shape index (κ3) is 6.35. The van der Waals surface area contributed by atoms with Crippen LogP contribution in [0.5, 0.6) is 0 Å². The second-order valence-corrected chi connectivity index (χ2v) is 9.87. The van der Waals surface area contributed by atoms with E-state index in [1.807, 2.05) is 33.0 Å². The summed E-state index contributed by atoms with van der Waals surface area (Å²) in [4.78, 5) is 25.2. The molecule has 0 saturated carbocycles. The number of pyridine rings is 1. The lowest BCUT2D eigenvalue weighted by Gasteiger charge is -2.20. The van der Waals surface area contributed by atoms with Crippen LogP contribution in [-0.4, -0.2) is 22.8 Å². The summed E-state index contributed by atoms with van der Waals surface area (Å²) in [5.41, 5.74) is -0.426. The highest BCUT2D eigenvalue weighted by molar-refractivity contribution is 9.10.